The molecule has 6 nitrogen and oxygen atoms in total. The predicted molar refractivity (Wildman–Crippen MR) is 50.4 cm³/mol. The number of carbonyl (C=O) groups is 1. The maximum atomic E-state index is 10.9. The average molecular weight is 206 g/mol. The highest BCUT2D eigenvalue weighted by atomic mass is 16.5. The molecule has 0 aliphatic heterocycles. The van der Waals surface area contributed by atoms with Crippen molar-refractivity contribution in [1.29, 1.82) is 0 Å². The van der Waals surface area contributed by atoms with Crippen LogP contribution >= 0.6 is 0 Å². The SMILES string of the molecule is COCCOCCOC(C)C(=O)NN. The van der Waals surface area contributed by atoms with E-state index in [0.29, 0.717) is 26.4 Å². The van der Waals surface area contributed by atoms with Crippen LogP contribution in [0.3, 0.4) is 0 Å². The Kier molecular flexibility index (Phi) is 8.45. The Balaban J connectivity index is 3.23. The third kappa shape index (κ3) is 6.79. The molecule has 0 bridgehead atoms. The highest BCUT2D eigenvalue weighted by Crippen LogP contribution is 1.89. The molecule has 1 atom stereocenters. The van der Waals surface area contributed by atoms with Gasteiger partial charge in [0, 0.05) is 7.11 Å². The molecule has 0 saturated carbocycles. The Bertz CT molecular complexity index is 154. The second kappa shape index (κ2) is 8.89. The lowest BCUT2D eigenvalue weighted by molar-refractivity contribution is -0.132. The number of ether oxygens (including phenoxy) is 3. The first-order valence-corrected chi connectivity index (χ1v) is 4.41. The van der Waals surface area contributed by atoms with Crippen LogP contribution in [-0.4, -0.2) is 45.5 Å². The molecule has 0 aliphatic rings. The molecule has 0 heterocycles. The summed E-state index contributed by atoms with van der Waals surface area (Å²) < 4.78 is 15.0. The molecule has 3 N–H and O–H groups in total. The van der Waals surface area contributed by atoms with Gasteiger partial charge in [0.2, 0.25) is 0 Å². The fraction of sp³-hybridized carbons (Fsp3) is 0.875. The summed E-state index contributed by atoms with van der Waals surface area (Å²) in [5, 5.41) is 0. The van der Waals surface area contributed by atoms with Crippen molar-refractivity contribution in [3.63, 3.8) is 0 Å². The number of amides is 1. The molecular formula is C8H18N2O4. The van der Waals surface area contributed by atoms with Gasteiger partial charge in [-0.25, -0.2) is 5.84 Å². The van der Waals surface area contributed by atoms with E-state index in [1.165, 1.54) is 0 Å². The zero-order chi connectivity index (χ0) is 10.8. The van der Waals surface area contributed by atoms with Gasteiger partial charge in [-0.2, -0.15) is 0 Å². The third-order valence-corrected chi connectivity index (χ3v) is 1.54. The lowest BCUT2D eigenvalue weighted by Crippen LogP contribution is -2.39. The molecule has 0 aromatic heterocycles. The van der Waals surface area contributed by atoms with Crippen molar-refractivity contribution in [2.45, 2.75) is 13.0 Å². The van der Waals surface area contributed by atoms with E-state index in [1.54, 1.807) is 14.0 Å². The van der Waals surface area contributed by atoms with Gasteiger partial charge in [-0.15, -0.1) is 0 Å². The largest absolute Gasteiger partial charge is 0.382 e. The quantitative estimate of drug-likeness (QED) is 0.231. The Morgan fingerprint density at radius 1 is 1.36 bits per heavy atom. The molecule has 1 unspecified atom stereocenters. The third-order valence-electron chi connectivity index (χ3n) is 1.54. The number of rotatable bonds is 8. The summed E-state index contributed by atoms with van der Waals surface area (Å²) in [5.74, 6) is 4.57. The van der Waals surface area contributed by atoms with Gasteiger partial charge in [-0.3, -0.25) is 10.2 Å². The lowest BCUT2D eigenvalue weighted by atomic mass is 10.4. The Morgan fingerprint density at radius 2 is 2.00 bits per heavy atom. The monoisotopic (exact) mass is 206 g/mol. The Labute approximate surface area is 83.7 Å². The van der Waals surface area contributed by atoms with Gasteiger partial charge in [0.25, 0.3) is 5.91 Å². The zero-order valence-electron chi connectivity index (χ0n) is 8.62. The fourth-order valence-corrected chi connectivity index (χ4v) is 0.721. The molecule has 14 heavy (non-hydrogen) atoms. The van der Waals surface area contributed by atoms with Crippen molar-refractivity contribution >= 4 is 5.91 Å². The summed E-state index contributed by atoms with van der Waals surface area (Å²) in [6.07, 6.45) is -0.550. The number of hydrogen-bond donors (Lipinski definition) is 2. The number of hydrazine groups is 1. The molecular weight excluding hydrogens is 188 g/mol. The van der Waals surface area contributed by atoms with Gasteiger partial charge in [-0.1, -0.05) is 0 Å². The summed E-state index contributed by atoms with van der Waals surface area (Å²) in [7, 11) is 1.60. The zero-order valence-corrected chi connectivity index (χ0v) is 8.62. The second-order valence-corrected chi connectivity index (χ2v) is 2.63. The summed E-state index contributed by atoms with van der Waals surface area (Å²) in [5.41, 5.74) is 2.00. The minimum atomic E-state index is -0.550. The number of hydrogen-bond acceptors (Lipinski definition) is 5. The van der Waals surface area contributed by atoms with Crippen molar-refractivity contribution < 1.29 is 19.0 Å². The molecule has 84 valence electrons. The normalized spacial score (nSPS) is 12.5. The molecule has 0 spiro atoms. The molecule has 0 saturated heterocycles. The number of methoxy groups -OCH3 is 1. The van der Waals surface area contributed by atoms with Gasteiger partial charge in [-0.05, 0) is 6.92 Å². The summed E-state index contributed by atoms with van der Waals surface area (Å²) in [6.45, 7) is 3.50. The number of nitrogens with one attached hydrogen (secondary N) is 1. The molecule has 0 aliphatic carbocycles. The van der Waals surface area contributed by atoms with E-state index < -0.39 is 6.10 Å². The second-order valence-electron chi connectivity index (χ2n) is 2.63. The van der Waals surface area contributed by atoms with Gasteiger partial charge in [0.15, 0.2) is 0 Å². The number of carbonyl (C=O) groups excluding carboxylic acids is 1. The summed E-state index contributed by atoms with van der Waals surface area (Å²) in [4.78, 5) is 10.9. The minimum absolute atomic E-state index is 0.345. The van der Waals surface area contributed by atoms with Crippen molar-refractivity contribution in [1.82, 2.24) is 5.43 Å². The lowest BCUT2D eigenvalue weighted by Gasteiger charge is -2.11. The minimum Gasteiger partial charge on any atom is -0.382 e. The maximum absolute atomic E-state index is 10.9. The van der Waals surface area contributed by atoms with E-state index in [1.807, 2.05) is 5.43 Å². The van der Waals surface area contributed by atoms with Crippen LogP contribution in [0.4, 0.5) is 0 Å². The predicted octanol–water partition coefficient (Wildman–Crippen LogP) is -0.956. The van der Waals surface area contributed by atoms with Crippen LogP contribution < -0.4 is 11.3 Å². The first-order chi connectivity index (χ1) is 6.72. The maximum Gasteiger partial charge on any atom is 0.262 e. The van der Waals surface area contributed by atoms with Crippen LogP contribution in [0, 0.1) is 0 Å². The molecule has 0 rings (SSSR count). The standard InChI is InChI=1S/C8H18N2O4/c1-7(8(11)10-9)14-6-5-13-4-3-12-2/h7H,3-6,9H2,1-2H3,(H,10,11). The van der Waals surface area contributed by atoms with E-state index in [9.17, 15) is 4.79 Å². The van der Waals surface area contributed by atoms with E-state index in [-0.39, 0.29) is 5.91 Å². The number of nitrogens with two attached hydrogens (primary N) is 1. The molecule has 0 radical (unpaired) electrons. The van der Waals surface area contributed by atoms with Crippen LogP contribution in [0.5, 0.6) is 0 Å². The Morgan fingerprint density at radius 3 is 2.57 bits per heavy atom. The first kappa shape index (κ1) is 13.3. The molecule has 6 heteroatoms. The Hall–Kier alpha value is -0.690. The van der Waals surface area contributed by atoms with Crippen LogP contribution in [-0.2, 0) is 19.0 Å². The van der Waals surface area contributed by atoms with E-state index in [4.69, 9.17) is 20.1 Å². The van der Waals surface area contributed by atoms with Crippen molar-refractivity contribution in [2.75, 3.05) is 33.5 Å². The summed E-state index contributed by atoms with van der Waals surface area (Å²) in [6, 6.07) is 0. The van der Waals surface area contributed by atoms with Gasteiger partial charge in [0.1, 0.15) is 6.10 Å². The van der Waals surface area contributed by atoms with Gasteiger partial charge >= 0.3 is 0 Å². The van der Waals surface area contributed by atoms with E-state index in [2.05, 4.69) is 0 Å². The van der Waals surface area contributed by atoms with Crippen molar-refractivity contribution in [2.24, 2.45) is 5.84 Å². The van der Waals surface area contributed by atoms with Crippen molar-refractivity contribution in [3.05, 3.63) is 0 Å². The molecule has 0 aromatic rings. The highest BCUT2D eigenvalue weighted by molar-refractivity contribution is 5.79. The average Bonchev–Trinajstić information content (AvgIpc) is 2.21. The molecule has 0 fully saturated rings. The van der Waals surface area contributed by atoms with E-state index in [0.717, 1.165) is 0 Å². The van der Waals surface area contributed by atoms with Crippen LogP contribution in [0.25, 0.3) is 0 Å². The molecule has 1 amide bonds. The van der Waals surface area contributed by atoms with Crippen LogP contribution in [0.15, 0.2) is 0 Å². The van der Waals surface area contributed by atoms with Gasteiger partial charge < -0.3 is 14.2 Å². The van der Waals surface area contributed by atoms with E-state index >= 15 is 0 Å². The summed E-state index contributed by atoms with van der Waals surface area (Å²) >= 11 is 0. The van der Waals surface area contributed by atoms with Crippen molar-refractivity contribution in [3.8, 4) is 0 Å². The topological polar surface area (TPSA) is 82.8 Å². The highest BCUT2D eigenvalue weighted by Gasteiger charge is 2.10. The molecule has 0 aromatic carbocycles. The van der Waals surface area contributed by atoms with Crippen LogP contribution in [0.2, 0.25) is 0 Å². The smallest absolute Gasteiger partial charge is 0.262 e. The van der Waals surface area contributed by atoms with Gasteiger partial charge in [0.05, 0.1) is 26.4 Å². The van der Waals surface area contributed by atoms with Crippen LogP contribution in [0.1, 0.15) is 6.92 Å². The fourth-order valence-electron chi connectivity index (χ4n) is 0.721. The first-order valence-electron chi connectivity index (χ1n) is 4.41.